The minimum atomic E-state index is -0.447. The van der Waals surface area contributed by atoms with E-state index in [1.54, 1.807) is 6.07 Å². The van der Waals surface area contributed by atoms with E-state index >= 15 is 0 Å². The molecule has 218 valence electrons. The van der Waals surface area contributed by atoms with Gasteiger partial charge in [-0.25, -0.2) is 0 Å². The zero-order valence-corrected chi connectivity index (χ0v) is 25.0. The smallest absolute Gasteiger partial charge is 0.143 e. The van der Waals surface area contributed by atoms with Crippen molar-refractivity contribution in [3.05, 3.63) is 170 Å². The maximum Gasteiger partial charge on any atom is 0.143 e. The molecule has 0 aliphatic carbocycles. The number of para-hydroxylation sites is 1. The average molecular weight is 605 g/mol. The van der Waals surface area contributed by atoms with Crippen molar-refractivity contribution >= 4 is 65.0 Å². The van der Waals surface area contributed by atoms with Gasteiger partial charge in [-0.15, -0.1) is 0 Å². The molecule has 0 saturated carbocycles. The van der Waals surface area contributed by atoms with E-state index in [1.807, 2.05) is 115 Å². The zero-order chi connectivity index (χ0) is 37.9. The highest BCUT2D eigenvalue weighted by atomic mass is 16.3. The quantitative estimate of drug-likeness (QED) is 0.183. The third kappa shape index (κ3) is 3.84. The molecule has 0 fully saturated rings. The third-order valence-corrected chi connectivity index (χ3v) is 9.31. The fourth-order valence-corrected chi connectivity index (χ4v) is 7.32. The van der Waals surface area contributed by atoms with E-state index in [2.05, 4.69) is 0 Å². The predicted molar refractivity (Wildman–Crippen MR) is 200 cm³/mol. The molecule has 0 spiro atoms. The Morgan fingerprint density at radius 3 is 1.64 bits per heavy atom. The summed E-state index contributed by atoms with van der Waals surface area (Å²) in [6.07, 6.45) is 0. The summed E-state index contributed by atoms with van der Waals surface area (Å²) in [5.41, 5.74) is 4.63. The summed E-state index contributed by atoms with van der Waals surface area (Å²) in [7, 11) is 0. The van der Waals surface area contributed by atoms with Gasteiger partial charge in [-0.05, 0) is 71.4 Å². The lowest BCUT2D eigenvalue weighted by Gasteiger charge is -2.19. The van der Waals surface area contributed by atoms with Crippen LogP contribution in [0.2, 0.25) is 0 Å². The Kier molecular flexibility index (Phi) is 4.19. The maximum absolute atomic E-state index is 9.49. The van der Waals surface area contributed by atoms with Crippen molar-refractivity contribution in [2.24, 2.45) is 0 Å². The standard InChI is InChI=1S/C46H28O/c1-2-13-29(14-3-1)31-26-27-39(34-18-7-6-17-33(31)34)43-35-19-8-10-21-37(35)44(38-22-11-9-20-36(38)43)40-23-12-24-41-45-32-16-5-4-15-30(32)25-28-42(45)47-46(40)41/h1-28H/i8D,9D,10D,11D,19D,20D,21D,22D. The molecule has 10 rings (SSSR count). The molecule has 9 aromatic carbocycles. The van der Waals surface area contributed by atoms with Crippen LogP contribution in [-0.4, -0.2) is 0 Å². The van der Waals surface area contributed by atoms with Crippen LogP contribution in [0.3, 0.4) is 0 Å². The molecule has 0 bridgehead atoms. The molecule has 0 unspecified atom stereocenters. The number of benzene rings is 9. The van der Waals surface area contributed by atoms with Crippen LogP contribution in [0.1, 0.15) is 11.0 Å². The van der Waals surface area contributed by atoms with E-state index in [0.29, 0.717) is 27.9 Å². The third-order valence-electron chi connectivity index (χ3n) is 9.31. The zero-order valence-electron chi connectivity index (χ0n) is 33.0. The van der Waals surface area contributed by atoms with Gasteiger partial charge in [-0.1, -0.05) is 164 Å². The van der Waals surface area contributed by atoms with E-state index in [-0.39, 0.29) is 51.3 Å². The highest BCUT2D eigenvalue weighted by molar-refractivity contribution is 6.27. The van der Waals surface area contributed by atoms with Gasteiger partial charge in [0.2, 0.25) is 0 Å². The first kappa shape index (κ1) is 19.4. The molecular formula is C46H28O. The lowest BCUT2D eigenvalue weighted by molar-refractivity contribution is 0.670. The van der Waals surface area contributed by atoms with Crippen LogP contribution in [-0.2, 0) is 0 Å². The molecule has 10 aromatic rings. The summed E-state index contributed by atoms with van der Waals surface area (Å²) in [5, 5.41) is 5.94. The summed E-state index contributed by atoms with van der Waals surface area (Å²) in [4.78, 5) is 0. The van der Waals surface area contributed by atoms with Crippen molar-refractivity contribution in [3.63, 3.8) is 0 Å². The molecule has 0 aliphatic rings. The molecule has 1 heterocycles. The number of rotatable bonds is 3. The van der Waals surface area contributed by atoms with Crippen LogP contribution in [0.4, 0.5) is 0 Å². The lowest BCUT2D eigenvalue weighted by atomic mass is 9.83. The average Bonchev–Trinajstić information content (AvgIpc) is 3.62. The van der Waals surface area contributed by atoms with Crippen molar-refractivity contribution in [1.29, 1.82) is 0 Å². The normalized spacial score (nSPS) is 14.2. The molecule has 1 aromatic heterocycles. The SMILES string of the molecule is [2H]c1c([2H])c([2H])c2c(-c3cccc4c3oc3ccc5ccccc5c34)c3c([2H])c([2H])c([2H])c([2H])c3c(-c3ccc(-c4ccccc4)c4ccccc34)c2c1[2H]. The van der Waals surface area contributed by atoms with E-state index in [4.69, 9.17) is 9.90 Å². The second kappa shape index (κ2) is 10.2. The highest BCUT2D eigenvalue weighted by Crippen LogP contribution is 2.48. The van der Waals surface area contributed by atoms with Crippen molar-refractivity contribution in [3.8, 4) is 33.4 Å². The highest BCUT2D eigenvalue weighted by Gasteiger charge is 2.22. The largest absolute Gasteiger partial charge is 0.455 e. The molecular weight excluding hydrogens is 569 g/mol. The van der Waals surface area contributed by atoms with Crippen LogP contribution in [0, 0.1) is 0 Å². The Hall–Kier alpha value is -6.18. The molecule has 0 aliphatic heterocycles. The topological polar surface area (TPSA) is 13.1 Å². The predicted octanol–water partition coefficient (Wildman–Crippen LogP) is 13.2. The van der Waals surface area contributed by atoms with Crippen LogP contribution in [0.25, 0.3) is 98.4 Å². The van der Waals surface area contributed by atoms with Crippen LogP contribution in [0.5, 0.6) is 0 Å². The van der Waals surface area contributed by atoms with Gasteiger partial charge < -0.3 is 4.42 Å². The summed E-state index contributed by atoms with van der Waals surface area (Å²) >= 11 is 0. The second-order valence-electron chi connectivity index (χ2n) is 11.8. The van der Waals surface area contributed by atoms with Gasteiger partial charge in [0, 0.05) is 21.9 Å². The number of hydrogen-bond acceptors (Lipinski definition) is 1. The van der Waals surface area contributed by atoms with E-state index in [1.165, 1.54) is 0 Å². The van der Waals surface area contributed by atoms with Gasteiger partial charge in [0.15, 0.2) is 0 Å². The number of fused-ring (bicyclic) bond motifs is 8. The first-order valence-corrected chi connectivity index (χ1v) is 15.5. The Balaban J connectivity index is 1.46. The second-order valence-corrected chi connectivity index (χ2v) is 11.8. The van der Waals surface area contributed by atoms with Crippen LogP contribution in [0.15, 0.2) is 174 Å². The molecule has 0 atom stereocenters. The summed E-state index contributed by atoms with van der Waals surface area (Å²) < 4.78 is 80.2. The van der Waals surface area contributed by atoms with Gasteiger partial charge in [0.05, 0.1) is 11.0 Å². The van der Waals surface area contributed by atoms with Crippen molar-refractivity contribution < 1.29 is 15.4 Å². The van der Waals surface area contributed by atoms with Gasteiger partial charge in [-0.3, -0.25) is 0 Å². The summed E-state index contributed by atoms with van der Waals surface area (Å²) in [6.45, 7) is 0. The molecule has 0 N–H and O–H groups in total. The van der Waals surface area contributed by atoms with Crippen molar-refractivity contribution in [1.82, 2.24) is 0 Å². The monoisotopic (exact) mass is 604 g/mol. The maximum atomic E-state index is 9.49. The Labute approximate surface area is 283 Å². The fraction of sp³-hybridized carbons (Fsp3) is 0. The van der Waals surface area contributed by atoms with Gasteiger partial charge in [-0.2, -0.15) is 0 Å². The van der Waals surface area contributed by atoms with Gasteiger partial charge in [0.25, 0.3) is 0 Å². The Bertz CT molecular complexity index is 3220. The molecule has 1 nitrogen and oxygen atoms in total. The van der Waals surface area contributed by atoms with E-state index in [9.17, 15) is 5.48 Å². The molecule has 1 heteroatoms. The molecule has 0 amide bonds. The lowest BCUT2D eigenvalue weighted by Crippen LogP contribution is -1.92. The van der Waals surface area contributed by atoms with Gasteiger partial charge >= 0.3 is 0 Å². The van der Waals surface area contributed by atoms with Crippen LogP contribution >= 0.6 is 0 Å². The molecule has 0 radical (unpaired) electrons. The van der Waals surface area contributed by atoms with Gasteiger partial charge in [0.1, 0.15) is 11.2 Å². The van der Waals surface area contributed by atoms with E-state index < -0.39 is 24.2 Å². The summed E-state index contributed by atoms with van der Waals surface area (Å²) in [5.74, 6) is 0. The van der Waals surface area contributed by atoms with Crippen molar-refractivity contribution in [2.45, 2.75) is 0 Å². The fourth-order valence-electron chi connectivity index (χ4n) is 7.32. The number of hydrogen-bond donors (Lipinski definition) is 0. The Morgan fingerprint density at radius 2 is 0.936 bits per heavy atom. The summed E-state index contributed by atoms with van der Waals surface area (Å²) in [6, 6.07) is 36.0. The number of furan rings is 1. The van der Waals surface area contributed by atoms with Crippen LogP contribution < -0.4 is 0 Å². The first-order chi connectivity index (χ1) is 26.7. The minimum Gasteiger partial charge on any atom is -0.455 e. The van der Waals surface area contributed by atoms with E-state index in [0.717, 1.165) is 43.4 Å². The first-order valence-electron chi connectivity index (χ1n) is 19.5. The Morgan fingerprint density at radius 1 is 0.383 bits per heavy atom. The molecule has 0 saturated heterocycles. The van der Waals surface area contributed by atoms with Crippen molar-refractivity contribution in [2.75, 3.05) is 0 Å². The molecule has 47 heavy (non-hydrogen) atoms. The minimum absolute atomic E-state index is 0.146.